The molecule has 1 aliphatic carbocycles. The van der Waals surface area contributed by atoms with Gasteiger partial charge in [-0.25, -0.2) is 0 Å². The average molecular weight is 482 g/mol. The molecule has 1 amide bonds. The Morgan fingerprint density at radius 1 is 1.03 bits per heavy atom. The van der Waals surface area contributed by atoms with Crippen LogP contribution in [-0.2, 0) is 15.6 Å². The molecule has 3 atom stereocenters. The number of aliphatic imine (C=N–C) groups is 1. The molecular weight excluding hydrogens is 438 g/mol. The summed E-state index contributed by atoms with van der Waals surface area (Å²) in [4.78, 5) is 19.5. The topological polar surface area (TPSA) is 61.8 Å². The molecule has 2 aliphatic heterocycles. The summed E-state index contributed by atoms with van der Waals surface area (Å²) in [7, 11) is -0.746. The number of nitrogens with zero attached hydrogens (tertiary/aromatic N) is 2. The maximum Gasteiger partial charge on any atom is 0.240 e. The third kappa shape index (κ3) is 8.54. The van der Waals surface area contributed by atoms with Crippen LogP contribution in [0.4, 0.5) is 5.69 Å². The lowest BCUT2D eigenvalue weighted by atomic mass is 9.95. The summed E-state index contributed by atoms with van der Waals surface area (Å²) in [5.41, 5.74) is 0.985. The Bertz CT molecular complexity index is 706. The molecule has 7 heteroatoms. The van der Waals surface area contributed by atoms with Crippen LogP contribution in [0.5, 0.6) is 0 Å². The minimum Gasteiger partial charge on any atom is -0.352 e. The molecule has 1 aromatic rings. The fourth-order valence-electron chi connectivity index (χ4n) is 3.88. The van der Waals surface area contributed by atoms with Crippen molar-refractivity contribution in [2.75, 3.05) is 23.0 Å². The molecule has 0 bridgehead atoms. The van der Waals surface area contributed by atoms with E-state index in [1.165, 1.54) is 19.3 Å². The number of carbonyl (C=O) groups is 1. The summed E-state index contributed by atoms with van der Waals surface area (Å²) in [6.07, 6.45) is 5.86. The minimum absolute atomic E-state index is 0.0599. The molecule has 1 saturated carbocycles. The highest BCUT2D eigenvalue weighted by Crippen LogP contribution is 2.35. The molecule has 5 nitrogen and oxygen atoms in total. The van der Waals surface area contributed by atoms with E-state index in [9.17, 15) is 9.00 Å². The normalized spacial score (nSPS) is 23.7. The van der Waals surface area contributed by atoms with Crippen LogP contribution < -0.4 is 10.2 Å². The summed E-state index contributed by atoms with van der Waals surface area (Å²) < 4.78 is 11.8. The summed E-state index contributed by atoms with van der Waals surface area (Å²) in [5, 5.41) is 4.39. The molecule has 0 spiro atoms. The smallest absolute Gasteiger partial charge is 0.240 e. The van der Waals surface area contributed by atoms with E-state index in [4.69, 9.17) is 4.99 Å². The van der Waals surface area contributed by atoms with Crippen molar-refractivity contribution in [1.82, 2.24) is 5.32 Å². The molecule has 2 heterocycles. The predicted octanol–water partition coefficient (Wildman–Crippen LogP) is 5.62. The second kappa shape index (κ2) is 16.3. The number of para-hydroxylation sites is 1. The van der Waals surface area contributed by atoms with E-state index in [1.807, 2.05) is 76.8 Å². The lowest BCUT2D eigenvalue weighted by Gasteiger charge is -2.27. The first-order chi connectivity index (χ1) is 15.7. The highest BCUT2D eigenvalue weighted by molar-refractivity contribution is 8.15. The zero-order chi connectivity index (χ0) is 23.9. The van der Waals surface area contributed by atoms with Crippen molar-refractivity contribution in [2.45, 2.75) is 91.0 Å². The van der Waals surface area contributed by atoms with Crippen molar-refractivity contribution in [3.63, 3.8) is 0 Å². The number of amidine groups is 1. The van der Waals surface area contributed by atoms with Crippen molar-refractivity contribution in [1.29, 1.82) is 0 Å². The fraction of sp³-hybridized carbons (Fsp3) is 0.680. The first kappa shape index (κ1) is 28.7. The molecule has 2 fully saturated rings. The third-order valence-corrected chi connectivity index (χ3v) is 8.22. The highest BCUT2D eigenvalue weighted by Gasteiger charge is 2.40. The van der Waals surface area contributed by atoms with Crippen LogP contribution in [0.1, 0.15) is 73.6 Å². The maximum atomic E-state index is 12.7. The number of rotatable bonds is 4. The molecule has 3 aliphatic rings. The maximum absolute atomic E-state index is 12.7. The lowest BCUT2D eigenvalue weighted by molar-refractivity contribution is -0.120. The van der Waals surface area contributed by atoms with Gasteiger partial charge in [0.25, 0.3) is 0 Å². The highest BCUT2D eigenvalue weighted by atomic mass is 32.2. The van der Waals surface area contributed by atoms with Gasteiger partial charge in [-0.15, -0.1) is 0 Å². The van der Waals surface area contributed by atoms with Crippen LogP contribution in [0, 0.1) is 0 Å². The van der Waals surface area contributed by atoms with Crippen molar-refractivity contribution in [3.05, 3.63) is 30.3 Å². The van der Waals surface area contributed by atoms with Crippen molar-refractivity contribution in [3.8, 4) is 0 Å². The molecule has 1 aromatic carbocycles. The van der Waals surface area contributed by atoms with Crippen LogP contribution >= 0.6 is 11.8 Å². The zero-order valence-electron chi connectivity index (χ0n) is 20.8. The van der Waals surface area contributed by atoms with E-state index < -0.39 is 10.8 Å². The molecule has 1 N–H and O–H groups in total. The second-order valence-corrected chi connectivity index (χ2v) is 9.99. The number of benzene rings is 1. The molecule has 3 unspecified atom stereocenters. The van der Waals surface area contributed by atoms with E-state index in [1.54, 1.807) is 11.8 Å². The van der Waals surface area contributed by atoms with E-state index in [0.29, 0.717) is 22.8 Å². The summed E-state index contributed by atoms with van der Waals surface area (Å²) >= 11 is 1.68. The summed E-state index contributed by atoms with van der Waals surface area (Å²) in [6, 6.07) is 10.4. The van der Waals surface area contributed by atoms with E-state index >= 15 is 0 Å². The van der Waals surface area contributed by atoms with Gasteiger partial charge in [-0.2, -0.15) is 0 Å². The quantitative estimate of drug-likeness (QED) is 0.606. The van der Waals surface area contributed by atoms with Gasteiger partial charge in [0.05, 0.1) is 6.04 Å². The molecule has 0 radical (unpaired) electrons. The van der Waals surface area contributed by atoms with Gasteiger partial charge in [-0.05, 0) is 25.0 Å². The number of fused-ring (bicyclic) bond motifs is 1. The predicted molar refractivity (Wildman–Crippen MR) is 143 cm³/mol. The van der Waals surface area contributed by atoms with Gasteiger partial charge in [0, 0.05) is 39.3 Å². The minimum atomic E-state index is -0.746. The van der Waals surface area contributed by atoms with Crippen molar-refractivity contribution in [2.24, 2.45) is 4.99 Å². The Kier molecular flexibility index (Phi) is 14.6. The SMILES string of the molecule is CC.CC.CC.O=C(CN(C1=NC2CS(=O)CC2S1)c1ccccc1)NC1CCCCC1. The van der Waals surface area contributed by atoms with Crippen LogP contribution in [0.2, 0.25) is 0 Å². The van der Waals surface area contributed by atoms with Crippen molar-refractivity contribution < 1.29 is 9.00 Å². The number of nitrogens with one attached hydrogen (secondary N) is 1. The fourth-order valence-corrected chi connectivity index (χ4v) is 7.22. The molecule has 182 valence electrons. The first-order valence-electron chi connectivity index (χ1n) is 12.4. The Morgan fingerprint density at radius 2 is 1.66 bits per heavy atom. The number of anilines is 1. The Morgan fingerprint density at radius 3 is 2.25 bits per heavy atom. The molecule has 1 saturated heterocycles. The number of thioether (sulfide) groups is 1. The second-order valence-electron chi connectivity index (χ2n) is 7.23. The molecule has 32 heavy (non-hydrogen) atoms. The first-order valence-corrected chi connectivity index (χ1v) is 14.8. The van der Waals surface area contributed by atoms with Crippen LogP contribution in [-0.4, -0.2) is 50.7 Å². The number of hydrogen-bond donors (Lipinski definition) is 1. The van der Waals surface area contributed by atoms with Crippen LogP contribution in [0.15, 0.2) is 35.3 Å². The Balaban J connectivity index is 0.000000789. The van der Waals surface area contributed by atoms with E-state index in [-0.39, 0.29) is 18.5 Å². The summed E-state index contributed by atoms with van der Waals surface area (Å²) in [5.74, 6) is 1.42. The van der Waals surface area contributed by atoms with Gasteiger partial charge >= 0.3 is 0 Å². The lowest BCUT2D eigenvalue weighted by Crippen LogP contribution is -2.44. The Hall–Kier alpha value is -1.34. The number of hydrogen-bond acceptors (Lipinski definition) is 5. The standard InChI is InChI=1S/C19H25N3O2S2.3C2H6/c23-18(20-14-7-3-1-4-8-14)11-22(15-9-5-2-6-10-15)19-21-16-12-26(24)13-17(16)25-19;3*1-2/h2,5-6,9-10,14,16-17H,1,3-4,7-8,11-13H2,(H,20,23);3*1-2H3. The number of carbonyl (C=O) groups excluding carboxylic acids is 1. The van der Waals surface area contributed by atoms with Gasteiger partial charge in [0.1, 0.15) is 6.54 Å². The molecular formula is C25H43N3O2S2. The average Bonchev–Trinajstić information content (AvgIpc) is 3.40. The van der Waals surface area contributed by atoms with Gasteiger partial charge in [-0.3, -0.25) is 14.0 Å². The molecule has 4 rings (SSSR count). The van der Waals surface area contributed by atoms with Gasteiger partial charge in [0.15, 0.2) is 5.17 Å². The summed E-state index contributed by atoms with van der Waals surface area (Å²) in [6.45, 7) is 12.3. The zero-order valence-corrected chi connectivity index (χ0v) is 22.4. The number of amides is 1. The largest absolute Gasteiger partial charge is 0.352 e. The monoisotopic (exact) mass is 481 g/mol. The van der Waals surface area contributed by atoms with Gasteiger partial charge in [0.2, 0.25) is 5.91 Å². The van der Waals surface area contributed by atoms with Crippen LogP contribution in [0.3, 0.4) is 0 Å². The van der Waals surface area contributed by atoms with Gasteiger partial charge < -0.3 is 10.2 Å². The third-order valence-electron chi connectivity index (χ3n) is 5.24. The Labute approximate surface area is 202 Å². The van der Waals surface area contributed by atoms with Crippen LogP contribution in [0.25, 0.3) is 0 Å². The molecule has 0 aromatic heterocycles. The van der Waals surface area contributed by atoms with Crippen molar-refractivity contribution >= 4 is 39.3 Å². The van der Waals surface area contributed by atoms with Gasteiger partial charge in [-0.1, -0.05) is 90.8 Å². The van der Waals surface area contributed by atoms with E-state index in [0.717, 1.165) is 23.7 Å². The van der Waals surface area contributed by atoms with E-state index in [2.05, 4.69) is 5.32 Å².